The van der Waals surface area contributed by atoms with Gasteiger partial charge in [-0.1, -0.05) is 19.1 Å². The molecule has 1 N–H and O–H groups in total. The molecule has 5 heteroatoms. The standard InChI is InChI=1S/C16H21FN2O2/c1-3-13(10-21-2)19-14(11-4-6-12(17)7-5-11)18-16(8-9-16)15(19)20/h4-7,13-14,18H,3,8-10H2,1-2H3. The summed E-state index contributed by atoms with van der Waals surface area (Å²) < 4.78 is 18.4. The Labute approximate surface area is 124 Å². The van der Waals surface area contributed by atoms with Crippen LogP contribution in [0.3, 0.4) is 0 Å². The van der Waals surface area contributed by atoms with Gasteiger partial charge in [-0.2, -0.15) is 0 Å². The highest BCUT2D eigenvalue weighted by Gasteiger charge is 2.60. The topological polar surface area (TPSA) is 41.6 Å². The van der Waals surface area contributed by atoms with E-state index in [9.17, 15) is 9.18 Å². The summed E-state index contributed by atoms with van der Waals surface area (Å²) in [6.45, 7) is 2.56. The number of hydrogen-bond acceptors (Lipinski definition) is 3. The summed E-state index contributed by atoms with van der Waals surface area (Å²) in [6, 6.07) is 6.40. The minimum Gasteiger partial charge on any atom is -0.383 e. The van der Waals surface area contributed by atoms with E-state index < -0.39 is 0 Å². The minimum atomic E-state index is -0.389. The molecule has 1 aromatic carbocycles. The molecule has 1 saturated carbocycles. The lowest BCUT2D eigenvalue weighted by Crippen LogP contribution is -2.42. The molecule has 2 fully saturated rings. The first kappa shape index (κ1) is 14.5. The van der Waals surface area contributed by atoms with E-state index in [0.717, 1.165) is 24.8 Å². The van der Waals surface area contributed by atoms with Gasteiger partial charge in [0.1, 0.15) is 17.5 Å². The van der Waals surface area contributed by atoms with Gasteiger partial charge in [0.25, 0.3) is 0 Å². The van der Waals surface area contributed by atoms with Crippen LogP contribution in [0.1, 0.15) is 37.9 Å². The van der Waals surface area contributed by atoms with E-state index in [2.05, 4.69) is 12.2 Å². The highest BCUT2D eigenvalue weighted by atomic mass is 19.1. The fourth-order valence-corrected chi connectivity index (χ4v) is 3.09. The van der Waals surface area contributed by atoms with Gasteiger partial charge in [0, 0.05) is 7.11 Å². The molecule has 0 bridgehead atoms. The Hall–Kier alpha value is -1.46. The molecule has 21 heavy (non-hydrogen) atoms. The van der Waals surface area contributed by atoms with Crippen molar-refractivity contribution in [2.75, 3.05) is 13.7 Å². The molecule has 2 aliphatic rings. The van der Waals surface area contributed by atoms with Crippen LogP contribution in [0.25, 0.3) is 0 Å². The number of carbonyl (C=O) groups excluding carboxylic acids is 1. The van der Waals surface area contributed by atoms with Crippen LogP contribution in [-0.2, 0) is 9.53 Å². The maximum atomic E-state index is 13.1. The molecule has 0 aromatic heterocycles. The van der Waals surface area contributed by atoms with E-state index in [4.69, 9.17) is 4.74 Å². The fourth-order valence-electron chi connectivity index (χ4n) is 3.09. The Morgan fingerprint density at radius 3 is 2.62 bits per heavy atom. The predicted octanol–water partition coefficient (Wildman–Crippen LogP) is 2.21. The Kier molecular flexibility index (Phi) is 3.71. The zero-order valence-electron chi connectivity index (χ0n) is 12.4. The molecule has 1 aliphatic heterocycles. The maximum Gasteiger partial charge on any atom is 0.244 e. The number of hydrogen-bond donors (Lipinski definition) is 1. The summed E-state index contributed by atoms with van der Waals surface area (Å²) in [5.74, 6) is -0.111. The third-order valence-corrected chi connectivity index (χ3v) is 4.49. The number of nitrogens with one attached hydrogen (secondary N) is 1. The second kappa shape index (κ2) is 5.39. The molecule has 2 atom stereocenters. The number of amides is 1. The number of rotatable bonds is 5. The van der Waals surface area contributed by atoms with Crippen LogP contribution in [0.5, 0.6) is 0 Å². The van der Waals surface area contributed by atoms with Gasteiger partial charge in [-0.15, -0.1) is 0 Å². The lowest BCUT2D eigenvalue weighted by Gasteiger charge is -2.32. The first-order valence-corrected chi connectivity index (χ1v) is 7.46. The Morgan fingerprint density at radius 2 is 2.10 bits per heavy atom. The van der Waals surface area contributed by atoms with Crippen molar-refractivity contribution in [3.05, 3.63) is 35.6 Å². The zero-order chi connectivity index (χ0) is 15.0. The van der Waals surface area contributed by atoms with Crippen molar-refractivity contribution in [2.24, 2.45) is 0 Å². The van der Waals surface area contributed by atoms with E-state index >= 15 is 0 Å². The van der Waals surface area contributed by atoms with E-state index in [1.165, 1.54) is 12.1 Å². The quantitative estimate of drug-likeness (QED) is 0.904. The van der Waals surface area contributed by atoms with E-state index in [0.29, 0.717) is 6.61 Å². The molecule has 3 rings (SSSR count). The van der Waals surface area contributed by atoms with Gasteiger partial charge in [-0.25, -0.2) is 4.39 Å². The van der Waals surface area contributed by atoms with Gasteiger partial charge in [0.05, 0.1) is 12.6 Å². The summed E-state index contributed by atoms with van der Waals surface area (Å²) in [7, 11) is 1.65. The van der Waals surface area contributed by atoms with Gasteiger partial charge in [-0.3, -0.25) is 10.1 Å². The SMILES string of the molecule is CCC(COC)N1C(=O)C2(CC2)NC1c1ccc(F)cc1. The molecule has 1 heterocycles. The molecular formula is C16H21FN2O2. The van der Waals surface area contributed by atoms with Crippen LogP contribution in [-0.4, -0.2) is 36.1 Å². The van der Waals surface area contributed by atoms with Crippen LogP contribution in [0.15, 0.2) is 24.3 Å². The largest absolute Gasteiger partial charge is 0.383 e. The zero-order valence-corrected chi connectivity index (χ0v) is 12.4. The average Bonchev–Trinajstić information content (AvgIpc) is 3.21. The van der Waals surface area contributed by atoms with Gasteiger partial charge in [0.2, 0.25) is 5.91 Å². The summed E-state index contributed by atoms with van der Waals surface area (Å²) >= 11 is 0. The van der Waals surface area contributed by atoms with Crippen molar-refractivity contribution in [1.29, 1.82) is 0 Å². The van der Waals surface area contributed by atoms with Crippen molar-refractivity contribution < 1.29 is 13.9 Å². The first-order valence-electron chi connectivity index (χ1n) is 7.46. The fraction of sp³-hybridized carbons (Fsp3) is 0.562. The Balaban J connectivity index is 1.92. The van der Waals surface area contributed by atoms with Crippen LogP contribution >= 0.6 is 0 Å². The van der Waals surface area contributed by atoms with Gasteiger partial charge in [0.15, 0.2) is 0 Å². The number of nitrogens with zero attached hydrogens (tertiary/aromatic N) is 1. The number of benzene rings is 1. The average molecular weight is 292 g/mol. The number of carbonyl (C=O) groups is 1. The smallest absolute Gasteiger partial charge is 0.244 e. The third-order valence-electron chi connectivity index (χ3n) is 4.49. The van der Waals surface area contributed by atoms with E-state index in [1.54, 1.807) is 19.2 Å². The summed E-state index contributed by atoms with van der Waals surface area (Å²) in [4.78, 5) is 14.6. The van der Waals surface area contributed by atoms with Crippen LogP contribution in [0, 0.1) is 5.82 Å². The molecule has 114 valence electrons. The Morgan fingerprint density at radius 1 is 1.43 bits per heavy atom. The predicted molar refractivity (Wildman–Crippen MR) is 77.0 cm³/mol. The molecule has 0 radical (unpaired) electrons. The Bertz CT molecular complexity index is 528. The highest BCUT2D eigenvalue weighted by Crippen LogP contribution is 2.46. The van der Waals surface area contributed by atoms with Crippen molar-refractivity contribution in [3.63, 3.8) is 0 Å². The van der Waals surface area contributed by atoms with Crippen molar-refractivity contribution >= 4 is 5.91 Å². The molecule has 1 aromatic rings. The summed E-state index contributed by atoms with van der Waals surface area (Å²) in [6.07, 6.45) is 2.39. The van der Waals surface area contributed by atoms with Gasteiger partial charge >= 0.3 is 0 Å². The lowest BCUT2D eigenvalue weighted by atomic mass is 10.1. The van der Waals surface area contributed by atoms with Crippen molar-refractivity contribution in [3.8, 4) is 0 Å². The molecule has 4 nitrogen and oxygen atoms in total. The molecule has 1 saturated heterocycles. The molecule has 1 amide bonds. The van der Waals surface area contributed by atoms with Gasteiger partial charge in [-0.05, 0) is 37.0 Å². The lowest BCUT2D eigenvalue weighted by molar-refractivity contribution is -0.134. The summed E-state index contributed by atoms with van der Waals surface area (Å²) in [5.41, 5.74) is 0.531. The normalized spacial score (nSPS) is 24.6. The van der Waals surface area contributed by atoms with Crippen molar-refractivity contribution in [2.45, 2.75) is 43.9 Å². The monoisotopic (exact) mass is 292 g/mol. The van der Waals surface area contributed by atoms with E-state index in [1.807, 2.05) is 4.90 Å². The molecular weight excluding hydrogens is 271 g/mol. The van der Waals surface area contributed by atoms with Crippen molar-refractivity contribution in [1.82, 2.24) is 10.2 Å². The third kappa shape index (κ3) is 2.45. The second-order valence-electron chi connectivity index (χ2n) is 5.91. The van der Waals surface area contributed by atoms with Crippen LogP contribution in [0.2, 0.25) is 0 Å². The van der Waals surface area contributed by atoms with Crippen LogP contribution < -0.4 is 5.32 Å². The van der Waals surface area contributed by atoms with E-state index in [-0.39, 0.29) is 29.5 Å². The molecule has 1 aliphatic carbocycles. The minimum absolute atomic E-state index is 0.0324. The number of methoxy groups -OCH3 is 1. The molecule has 2 unspecified atom stereocenters. The summed E-state index contributed by atoms with van der Waals surface area (Å²) in [5, 5.41) is 3.45. The second-order valence-corrected chi connectivity index (χ2v) is 5.91. The first-order chi connectivity index (χ1) is 10.1. The highest BCUT2D eigenvalue weighted by molar-refractivity contribution is 5.92. The van der Waals surface area contributed by atoms with Crippen LogP contribution in [0.4, 0.5) is 4.39 Å². The molecule has 1 spiro atoms. The van der Waals surface area contributed by atoms with Gasteiger partial charge < -0.3 is 9.64 Å². The number of ether oxygens (including phenoxy) is 1. The maximum absolute atomic E-state index is 13.1. The number of halogens is 1.